The molecule has 1 N–H and O–H groups in total. The molecule has 1 fully saturated rings. The van der Waals surface area contributed by atoms with Crippen LogP contribution in [0.1, 0.15) is 45.2 Å². The Morgan fingerprint density at radius 3 is 2.36 bits per heavy atom. The van der Waals surface area contributed by atoms with Gasteiger partial charge in [-0.3, -0.25) is 0 Å². The maximum atomic E-state index is 14.8. The molecule has 1 heterocycles. The van der Waals surface area contributed by atoms with Crippen LogP contribution in [0.4, 0.5) is 17.6 Å². The minimum Gasteiger partial charge on any atom is -0.344 e. The maximum Gasteiger partial charge on any atom is 0.408 e. The number of nitrogens with zero attached hydrogens (tertiary/aromatic N) is 1. The first-order valence-electron chi connectivity index (χ1n) is 8.75. The molecule has 28 heavy (non-hydrogen) atoms. The molecule has 1 atom stereocenters. The quantitative estimate of drug-likeness (QED) is 0.587. The normalized spacial score (nSPS) is 17.3. The van der Waals surface area contributed by atoms with Gasteiger partial charge in [-0.25, -0.2) is 12.8 Å². The second-order valence-corrected chi connectivity index (χ2v) is 11.2. The predicted octanol–water partition coefficient (Wildman–Crippen LogP) is 5.27. The number of fused-ring (bicyclic) bond motifs is 1. The smallest absolute Gasteiger partial charge is 0.344 e. The van der Waals surface area contributed by atoms with Gasteiger partial charge < -0.3 is 4.57 Å². The van der Waals surface area contributed by atoms with Crippen molar-refractivity contribution in [2.45, 2.75) is 57.6 Å². The lowest BCUT2D eigenvalue weighted by Gasteiger charge is -2.22. The molecule has 1 aliphatic rings. The molecule has 0 radical (unpaired) electrons. The lowest BCUT2D eigenvalue weighted by molar-refractivity contribution is -0.152. The molecule has 0 unspecified atom stereocenters. The summed E-state index contributed by atoms with van der Waals surface area (Å²) in [7, 11) is -4.11. The topological polar surface area (TPSA) is 51.1 Å². The standard InChI is InChI=1S/C18H21BrF4N2O2S/c1-17(2,3)9-25-8-12(11-6-7-13(19)14(20)15(11)25)16(18(21,22)23)24-28(26,27)10-4-5-10/h6-8,10,16,24H,4-5,9H2,1-3H3/t16-/m0/s1. The second-order valence-electron chi connectivity index (χ2n) is 8.37. The molecule has 4 nitrogen and oxygen atoms in total. The molecular formula is C18H21BrF4N2O2S. The Bertz CT molecular complexity index is 1010. The monoisotopic (exact) mass is 484 g/mol. The lowest BCUT2D eigenvalue weighted by Crippen LogP contribution is -2.39. The Balaban J connectivity index is 2.20. The number of aromatic nitrogens is 1. The van der Waals surface area contributed by atoms with Crippen molar-refractivity contribution in [3.8, 4) is 0 Å². The highest BCUT2D eigenvalue weighted by atomic mass is 79.9. The Kier molecular flexibility index (Phi) is 5.38. The van der Waals surface area contributed by atoms with Crippen LogP contribution in [-0.2, 0) is 16.6 Å². The van der Waals surface area contributed by atoms with E-state index in [2.05, 4.69) is 15.9 Å². The third-order valence-electron chi connectivity index (χ3n) is 4.49. The first kappa shape index (κ1) is 21.6. The fourth-order valence-corrected chi connectivity index (χ4v) is 5.03. The molecule has 0 amide bonds. The van der Waals surface area contributed by atoms with Crippen molar-refractivity contribution in [3.05, 3.63) is 34.2 Å². The molecule has 1 aromatic heterocycles. The van der Waals surface area contributed by atoms with E-state index in [9.17, 15) is 26.0 Å². The van der Waals surface area contributed by atoms with Crippen LogP contribution < -0.4 is 4.72 Å². The number of alkyl halides is 3. The molecule has 0 aliphatic heterocycles. The van der Waals surface area contributed by atoms with Gasteiger partial charge in [0.1, 0.15) is 6.04 Å². The number of rotatable bonds is 5. The first-order chi connectivity index (χ1) is 12.7. The molecule has 10 heteroatoms. The Labute approximate surface area is 169 Å². The third-order valence-corrected chi connectivity index (χ3v) is 7.02. The Morgan fingerprint density at radius 2 is 1.86 bits per heavy atom. The van der Waals surface area contributed by atoms with E-state index in [0.29, 0.717) is 12.8 Å². The summed E-state index contributed by atoms with van der Waals surface area (Å²) in [6.07, 6.45) is -2.98. The van der Waals surface area contributed by atoms with Gasteiger partial charge >= 0.3 is 6.18 Å². The van der Waals surface area contributed by atoms with Crippen molar-refractivity contribution in [2.24, 2.45) is 5.41 Å². The summed E-state index contributed by atoms with van der Waals surface area (Å²) in [5.74, 6) is -0.682. The van der Waals surface area contributed by atoms with Crippen LogP contribution in [0.3, 0.4) is 0 Å². The molecule has 2 aromatic rings. The maximum absolute atomic E-state index is 14.8. The minimum absolute atomic E-state index is 0.0131. The van der Waals surface area contributed by atoms with Crippen LogP contribution in [-0.4, -0.2) is 24.4 Å². The van der Waals surface area contributed by atoms with Gasteiger partial charge in [-0.05, 0) is 40.3 Å². The molecule has 1 saturated carbocycles. The van der Waals surface area contributed by atoms with E-state index in [1.165, 1.54) is 22.9 Å². The fraction of sp³-hybridized carbons (Fsp3) is 0.556. The van der Waals surface area contributed by atoms with Gasteiger partial charge in [-0.15, -0.1) is 0 Å². The van der Waals surface area contributed by atoms with Gasteiger partial charge in [0.2, 0.25) is 10.0 Å². The zero-order valence-corrected chi connectivity index (χ0v) is 18.0. The summed E-state index contributed by atoms with van der Waals surface area (Å²) in [6, 6.07) is 0.259. The van der Waals surface area contributed by atoms with Crippen molar-refractivity contribution < 1.29 is 26.0 Å². The molecule has 3 rings (SSSR count). The van der Waals surface area contributed by atoms with E-state index in [4.69, 9.17) is 0 Å². The second kappa shape index (κ2) is 6.98. The van der Waals surface area contributed by atoms with E-state index in [1.54, 1.807) is 0 Å². The zero-order valence-electron chi connectivity index (χ0n) is 15.6. The largest absolute Gasteiger partial charge is 0.408 e. The zero-order chi connectivity index (χ0) is 21.1. The van der Waals surface area contributed by atoms with Gasteiger partial charge in [0.15, 0.2) is 5.82 Å². The number of benzene rings is 1. The van der Waals surface area contributed by atoms with E-state index in [-0.39, 0.29) is 32.9 Å². The first-order valence-corrected chi connectivity index (χ1v) is 11.1. The van der Waals surface area contributed by atoms with Crippen molar-refractivity contribution in [2.75, 3.05) is 0 Å². The van der Waals surface area contributed by atoms with Crippen LogP contribution >= 0.6 is 15.9 Å². The fourth-order valence-electron chi connectivity index (χ4n) is 3.17. The average Bonchev–Trinajstić information content (AvgIpc) is 3.31. The summed E-state index contributed by atoms with van der Waals surface area (Å²) in [4.78, 5) is 0. The van der Waals surface area contributed by atoms with Crippen LogP contribution in [0.25, 0.3) is 10.9 Å². The van der Waals surface area contributed by atoms with Gasteiger partial charge in [0, 0.05) is 23.7 Å². The van der Waals surface area contributed by atoms with Crippen molar-refractivity contribution in [3.63, 3.8) is 0 Å². The average molecular weight is 485 g/mol. The number of halogens is 5. The van der Waals surface area contributed by atoms with Crippen molar-refractivity contribution in [1.82, 2.24) is 9.29 Å². The summed E-state index contributed by atoms with van der Waals surface area (Å²) < 4.78 is 84.1. The number of sulfonamides is 1. The van der Waals surface area contributed by atoms with Gasteiger partial charge in [0.25, 0.3) is 0 Å². The SMILES string of the molecule is CC(C)(C)Cn1cc([C@H](NS(=O)(=O)C2CC2)C(F)(F)F)c2ccc(Br)c(F)c21. The minimum atomic E-state index is -4.87. The summed E-state index contributed by atoms with van der Waals surface area (Å²) in [5.41, 5.74) is -0.624. The third kappa shape index (κ3) is 4.38. The van der Waals surface area contributed by atoms with Crippen LogP contribution in [0, 0.1) is 11.2 Å². The van der Waals surface area contributed by atoms with Crippen LogP contribution in [0.2, 0.25) is 0 Å². The summed E-state index contributed by atoms with van der Waals surface area (Å²) >= 11 is 3.07. The Hall–Kier alpha value is -1.13. The van der Waals surface area contributed by atoms with Gasteiger partial charge in [-0.2, -0.15) is 17.9 Å². The highest BCUT2D eigenvalue weighted by molar-refractivity contribution is 9.10. The highest BCUT2D eigenvalue weighted by Crippen LogP contribution is 2.41. The van der Waals surface area contributed by atoms with Crippen LogP contribution in [0.5, 0.6) is 0 Å². The molecule has 0 spiro atoms. The van der Waals surface area contributed by atoms with E-state index in [0.717, 1.165) is 0 Å². The molecule has 0 bridgehead atoms. The molecule has 1 aromatic carbocycles. The van der Waals surface area contributed by atoms with E-state index < -0.39 is 33.3 Å². The van der Waals surface area contributed by atoms with Crippen molar-refractivity contribution in [1.29, 1.82) is 0 Å². The number of hydrogen-bond donors (Lipinski definition) is 1. The van der Waals surface area contributed by atoms with E-state index in [1.807, 2.05) is 25.5 Å². The molecular weight excluding hydrogens is 464 g/mol. The highest BCUT2D eigenvalue weighted by Gasteiger charge is 2.48. The van der Waals surface area contributed by atoms with Gasteiger partial charge in [-0.1, -0.05) is 26.8 Å². The lowest BCUT2D eigenvalue weighted by atomic mass is 9.97. The summed E-state index contributed by atoms with van der Waals surface area (Å²) in [5, 5.41) is -0.767. The summed E-state index contributed by atoms with van der Waals surface area (Å²) in [6.45, 7) is 5.90. The molecule has 156 valence electrons. The molecule has 1 aliphatic carbocycles. The number of hydrogen-bond acceptors (Lipinski definition) is 2. The van der Waals surface area contributed by atoms with E-state index >= 15 is 0 Å². The Morgan fingerprint density at radius 1 is 1.25 bits per heavy atom. The number of nitrogens with one attached hydrogen (secondary N) is 1. The van der Waals surface area contributed by atoms with Crippen LogP contribution in [0.15, 0.2) is 22.8 Å². The van der Waals surface area contributed by atoms with Crippen molar-refractivity contribution >= 4 is 36.9 Å². The molecule has 0 saturated heterocycles. The van der Waals surface area contributed by atoms with Gasteiger partial charge in [0.05, 0.1) is 15.2 Å². The predicted molar refractivity (Wildman–Crippen MR) is 103 cm³/mol.